The van der Waals surface area contributed by atoms with Crippen molar-refractivity contribution in [3.63, 3.8) is 0 Å². The van der Waals surface area contributed by atoms with Crippen LogP contribution in [0.2, 0.25) is 5.02 Å². The number of nitrogens with zero attached hydrogens (tertiary/aromatic N) is 2. The molecule has 1 N–H and O–H groups in total. The highest BCUT2D eigenvalue weighted by atomic mass is 35.5. The monoisotopic (exact) mass is 426 g/mol. The van der Waals surface area contributed by atoms with Crippen LogP contribution >= 0.6 is 11.6 Å². The summed E-state index contributed by atoms with van der Waals surface area (Å²) in [7, 11) is 1.54. The van der Waals surface area contributed by atoms with E-state index in [0.717, 1.165) is 19.4 Å². The van der Waals surface area contributed by atoms with Gasteiger partial charge in [0, 0.05) is 37.3 Å². The van der Waals surface area contributed by atoms with Crippen LogP contribution in [0.25, 0.3) is 0 Å². The lowest BCUT2D eigenvalue weighted by molar-refractivity contribution is -0.0237. The van der Waals surface area contributed by atoms with Crippen molar-refractivity contribution < 1.29 is 19.4 Å². The number of hydrogen-bond acceptors (Lipinski definition) is 5. The van der Waals surface area contributed by atoms with Crippen LogP contribution in [0.1, 0.15) is 57.8 Å². The molecule has 0 unspecified atom stereocenters. The van der Waals surface area contributed by atoms with Gasteiger partial charge in [-0.2, -0.15) is 0 Å². The van der Waals surface area contributed by atoms with Gasteiger partial charge in [-0.05, 0) is 45.7 Å². The Hall–Kier alpha value is -1.50. The van der Waals surface area contributed by atoms with Crippen LogP contribution in [0, 0.1) is 0 Å². The van der Waals surface area contributed by atoms with Crippen LogP contribution in [0.15, 0.2) is 12.1 Å². The maximum Gasteiger partial charge on any atom is 0.254 e. The molecule has 1 amide bonds. The number of carbonyl (C=O) groups is 1. The molecule has 29 heavy (non-hydrogen) atoms. The number of aliphatic hydroxyl groups is 1. The van der Waals surface area contributed by atoms with Crippen molar-refractivity contribution in [2.45, 2.75) is 65.1 Å². The molecule has 0 aliphatic carbocycles. The van der Waals surface area contributed by atoms with Crippen molar-refractivity contribution in [3.8, 4) is 11.5 Å². The summed E-state index contributed by atoms with van der Waals surface area (Å²) in [5.41, 5.74) is -0.270. The molecule has 6 nitrogen and oxygen atoms in total. The number of hydrogen-bond donors (Lipinski definition) is 1. The van der Waals surface area contributed by atoms with Crippen molar-refractivity contribution in [2.75, 3.05) is 33.4 Å². The number of benzene rings is 1. The summed E-state index contributed by atoms with van der Waals surface area (Å²) in [6, 6.07) is 3.64. The Kier molecular flexibility index (Phi) is 8.20. The predicted molar refractivity (Wildman–Crippen MR) is 116 cm³/mol. The topological polar surface area (TPSA) is 62.2 Å². The van der Waals surface area contributed by atoms with Crippen molar-refractivity contribution in [1.29, 1.82) is 0 Å². The first-order valence-electron chi connectivity index (χ1n) is 10.4. The van der Waals surface area contributed by atoms with Crippen molar-refractivity contribution in [2.24, 2.45) is 0 Å². The molecule has 1 aliphatic rings. The zero-order valence-corrected chi connectivity index (χ0v) is 19.3. The first kappa shape index (κ1) is 23.8. The van der Waals surface area contributed by atoms with Crippen molar-refractivity contribution in [3.05, 3.63) is 22.7 Å². The van der Waals surface area contributed by atoms with Gasteiger partial charge in [-0.3, -0.25) is 9.69 Å². The molecule has 1 heterocycles. The summed E-state index contributed by atoms with van der Waals surface area (Å²) in [5.74, 6) is 0.867. The third-order valence-corrected chi connectivity index (χ3v) is 5.65. The Bertz CT molecular complexity index is 705. The van der Waals surface area contributed by atoms with Gasteiger partial charge in [0.05, 0.1) is 24.3 Å². The molecule has 1 aliphatic heterocycles. The predicted octanol–water partition coefficient (Wildman–Crippen LogP) is 3.83. The highest BCUT2D eigenvalue weighted by Gasteiger charge is 2.37. The molecular weight excluding hydrogens is 392 g/mol. The minimum Gasteiger partial charge on any atom is -0.493 e. The summed E-state index contributed by atoms with van der Waals surface area (Å²) in [6.45, 7) is 12.1. The summed E-state index contributed by atoms with van der Waals surface area (Å²) in [5, 5.41) is 10.7. The van der Waals surface area contributed by atoms with E-state index in [0.29, 0.717) is 41.8 Å². The van der Waals surface area contributed by atoms with Crippen molar-refractivity contribution >= 4 is 17.5 Å². The first-order chi connectivity index (χ1) is 13.6. The first-order valence-corrected chi connectivity index (χ1v) is 10.8. The lowest BCUT2D eigenvalue weighted by Crippen LogP contribution is -2.61. The maximum atomic E-state index is 13.4. The molecule has 164 valence electrons. The van der Waals surface area contributed by atoms with Gasteiger partial charge in [-0.1, -0.05) is 25.4 Å². The van der Waals surface area contributed by atoms with E-state index >= 15 is 0 Å². The Morgan fingerprint density at radius 1 is 1.21 bits per heavy atom. The zero-order valence-electron chi connectivity index (χ0n) is 18.5. The minimum atomic E-state index is -0.770. The fourth-order valence-corrected chi connectivity index (χ4v) is 4.24. The van der Waals surface area contributed by atoms with Crippen LogP contribution in [0.3, 0.4) is 0 Å². The SMILES string of the molecule is CCOc1c(Cl)cc(C(=O)N2C[C@H](CC)N(CC(C)(C)O)C[C@H]2CC)cc1OC. The van der Waals surface area contributed by atoms with Crippen LogP contribution in [0.4, 0.5) is 0 Å². The highest BCUT2D eigenvalue weighted by molar-refractivity contribution is 6.32. The standard InChI is InChI=1S/C22H35ClN2O4/c1-7-16-13-25(17(8-2)12-24(16)14-22(4,5)27)21(26)15-10-18(23)20(29-9-3)19(11-15)28-6/h10-11,16-17,27H,7-9,12-14H2,1-6H3/t16-,17+/m0/s1. The van der Waals surface area contributed by atoms with Crippen molar-refractivity contribution in [1.82, 2.24) is 9.80 Å². The minimum absolute atomic E-state index is 0.0542. The molecule has 1 aromatic carbocycles. The number of halogens is 1. The Labute approximate surface area is 179 Å². The molecule has 0 spiro atoms. The average molecular weight is 427 g/mol. The van der Waals surface area contributed by atoms with E-state index in [-0.39, 0.29) is 18.0 Å². The molecule has 7 heteroatoms. The Balaban J connectivity index is 2.31. The summed E-state index contributed by atoms with van der Waals surface area (Å²) in [4.78, 5) is 17.7. The summed E-state index contributed by atoms with van der Waals surface area (Å²) in [6.07, 6.45) is 1.75. The van der Waals surface area contributed by atoms with E-state index in [1.807, 2.05) is 25.7 Å². The number of amides is 1. The molecule has 2 rings (SSSR count). The highest BCUT2D eigenvalue weighted by Crippen LogP contribution is 2.37. The largest absolute Gasteiger partial charge is 0.493 e. The molecule has 0 bridgehead atoms. The smallest absolute Gasteiger partial charge is 0.254 e. The fourth-order valence-electron chi connectivity index (χ4n) is 3.98. The lowest BCUT2D eigenvalue weighted by atomic mass is 9.98. The Morgan fingerprint density at radius 3 is 2.38 bits per heavy atom. The molecule has 1 aromatic rings. The van der Waals surface area contributed by atoms with Gasteiger partial charge in [-0.15, -0.1) is 0 Å². The number of β-amino-alcohol motifs (C(OH)–C–C–N with tert-alkyl or cyclic N) is 1. The second-order valence-corrected chi connectivity index (χ2v) is 8.65. The van der Waals surface area contributed by atoms with Gasteiger partial charge in [0.25, 0.3) is 5.91 Å². The number of piperazine rings is 1. The van der Waals surface area contributed by atoms with Gasteiger partial charge in [-0.25, -0.2) is 0 Å². The molecule has 1 saturated heterocycles. The third-order valence-electron chi connectivity index (χ3n) is 5.37. The van der Waals surface area contributed by atoms with E-state index in [9.17, 15) is 9.90 Å². The van der Waals surface area contributed by atoms with Crippen LogP contribution in [0.5, 0.6) is 11.5 Å². The van der Waals surface area contributed by atoms with E-state index < -0.39 is 5.60 Å². The quantitative estimate of drug-likeness (QED) is 0.684. The summed E-state index contributed by atoms with van der Waals surface area (Å²) >= 11 is 6.39. The molecule has 2 atom stereocenters. The van der Waals surface area contributed by atoms with Gasteiger partial charge in [0.2, 0.25) is 0 Å². The van der Waals surface area contributed by atoms with Crippen LogP contribution in [-0.2, 0) is 0 Å². The Morgan fingerprint density at radius 2 is 1.86 bits per heavy atom. The number of methoxy groups -OCH3 is 1. The lowest BCUT2D eigenvalue weighted by Gasteiger charge is -2.47. The summed E-state index contributed by atoms with van der Waals surface area (Å²) < 4.78 is 11.0. The zero-order chi connectivity index (χ0) is 21.8. The van der Waals surface area contributed by atoms with Gasteiger partial charge in [0.15, 0.2) is 11.5 Å². The van der Waals surface area contributed by atoms with Crippen LogP contribution in [-0.4, -0.2) is 71.8 Å². The second kappa shape index (κ2) is 10.0. The fraction of sp³-hybridized carbons (Fsp3) is 0.682. The van der Waals surface area contributed by atoms with Gasteiger partial charge in [0.1, 0.15) is 0 Å². The van der Waals surface area contributed by atoms with Gasteiger partial charge < -0.3 is 19.5 Å². The number of rotatable bonds is 8. The van der Waals surface area contributed by atoms with Gasteiger partial charge >= 0.3 is 0 Å². The number of ether oxygens (including phenoxy) is 2. The van der Waals surface area contributed by atoms with E-state index in [4.69, 9.17) is 21.1 Å². The molecule has 0 saturated carbocycles. The van der Waals surface area contributed by atoms with E-state index in [1.165, 1.54) is 0 Å². The van der Waals surface area contributed by atoms with Crippen LogP contribution < -0.4 is 9.47 Å². The van der Waals surface area contributed by atoms with E-state index in [1.54, 1.807) is 19.2 Å². The average Bonchev–Trinajstić information content (AvgIpc) is 2.67. The molecule has 0 aromatic heterocycles. The second-order valence-electron chi connectivity index (χ2n) is 8.25. The molecular formula is C22H35ClN2O4. The molecule has 1 fully saturated rings. The normalized spacial score (nSPS) is 20.6. The number of carbonyl (C=O) groups excluding carboxylic acids is 1. The third kappa shape index (κ3) is 5.77. The van der Waals surface area contributed by atoms with E-state index in [2.05, 4.69) is 18.7 Å². The molecule has 0 radical (unpaired) electrons. The maximum absolute atomic E-state index is 13.4.